The zero-order valence-electron chi connectivity index (χ0n) is 33.8. The third-order valence-electron chi connectivity index (χ3n) is 11.2. The molecule has 0 aliphatic carbocycles. The second-order valence-corrected chi connectivity index (χ2v) is 20.2. The summed E-state index contributed by atoms with van der Waals surface area (Å²) in [6.07, 6.45) is 10.1. The summed E-state index contributed by atoms with van der Waals surface area (Å²) in [6.45, 7) is 19.6. The highest BCUT2D eigenvalue weighted by molar-refractivity contribution is 6.73. The Balaban J connectivity index is 1.72. The van der Waals surface area contributed by atoms with Crippen LogP contribution in [0.2, 0.25) is 18.1 Å². The van der Waals surface area contributed by atoms with Crippen LogP contribution in [-0.4, -0.2) is 73.6 Å². The summed E-state index contributed by atoms with van der Waals surface area (Å²) in [5.74, 6) is -1.11. The van der Waals surface area contributed by atoms with Crippen LogP contribution in [0, 0.1) is 17.8 Å². The second kappa shape index (κ2) is 20.6. The number of epoxide rings is 1. The fourth-order valence-electron chi connectivity index (χ4n) is 7.37. The molecular weight excluding hydrogens is 689 g/mol. The Morgan fingerprint density at radius 3 is 2.32 bits per heavy atom. The number of cyclic esters (lactones) is 1. The fourth-order valence-corrected chi connectivity index (χ4v) is 10.3. The van der Waals surface area contributed by atoms with Gasteiger partial charge in [0.2, 0.25) is 0 Å². The van der Waals surface area contributed by atoms with E-state index >= 15 is 0 Å². The van der Waals surface area contributed by atoms with Crippen molar-refractivity contribution in [3.8, 4) is 0 Å². The van der Waals surface area contributed by atoms with Gasteiger partial charge in [0, 0.05) is 18.8 Å². The highest BCUT2D eigenvalue weighted by atomic mass is 28.4. The number of rotatable bonds is 16. The molecule has 1 saturated heterocycles. The molecular formula is C43H66O9Si. The van der Waals surface area contributed by atoms with E-state index in [-0.39, 0.29) is 54.4 Å². The molecule has 296 valence electrons. The van der Waals surface area contributed by atoms with E-state index in [1.54, 1.807) is 25.1 Å². The summed E-state index contributed by atoms with van der Waals surface area (Å²) >= 11 is 0. The molecule has 53 heavy (non-hydrogen) atoms. The molecule has 0 aromatic heterocycles. The van der Waals surface area contributed by atoms with E-state index in [0.717, 1.165) is 30.1 Å². The largest absolute Gasteiger partial charge is 0.458 e. The lowest BCUT2D eigenvalue weighted by Crippen LogP contribution is -2.45. The number of ether oxygens (including phenoxy) is 4. The highest BCUT2D eigenvalue weighted by Gasteiger charge is 2.46. The summed E-state index contributed by atoms with van der Waals surface area (Å²) < 4.78 is 30.5. The molecule has 9 nitrogen and oxygen atoms in total. The molecule has 1 fully saturated rings. The average Bonchev–Trinajstić information content (AvgIpc) is 3.90. The molecule has 0 radical (unpaired) electrons. The van der Waals surface area contributed by atoms with Crippen LogP contribution in [0.1, 0.15) is 112 Å². The minimum Gasteiger partial charge on any atom is -0.458 e. The van der Waals surface area contributed by atoms with E-state index in [2.05, 4.69) is 40.7 Å². The van der Waals surface area contributed by atoms with Crippen molar-refractivity contribution in [1.29, 1.82) is 0 Å². The predicted molar refractivity (Wildman–Crippen MR) is 211 cm³/mol. The summed E-state index contributed by atoms with van der Waals surface area (Å²) in [5, 5.41) is 11.5. The number of hydrogen-bond donors (Lipinski definition) is 1. The van der Waals surface area contributed by atoms with E-state index in [9.17, 15) is 19.5 Å². The number of allylic oxidation sites excluding steroid dienone is 3. The van der Waals surface area contributed by atoms with Crippen LogP contribution in [0.4, 0.5) is 0 Å². The molecule has 1 aromatic carbocycles. The Kier molecular flexibility index (Phi) is 17.2. The Morgan fingerprint density at radius 1 is 1.06 bits per heavy atom. The third kappa shape index (κ3) is 13.3. The molecule has 1 aromatic rings. The zero-order valence-corrected chi connectivity index (χ0v) is 34.8. The lowest BCUT2D eigenvalue weighted by molar-refractivity contribution is -0.157. The topological polar surface area (TPSA) is 121 Å². The van der Waals surface area contributed by atoms with Crippen molar-refractivity contribution in [2.45, 2.75) is 162 Å². The Bertz CT molecular complexity index is 1410. The van der Waals surface area contributed by atoms with Gasteiger partial charge in [-0.15, -0.1) is 0 Å². The first-order chi connectivity index (χ1) is 25.1. The number of hydrogen-bond acceptors (Lipinski definition) is 9. The van der Waals surface area contributed by atoms with Crippen molar-refractivity contribution in [2.24, 2.45) is 17.8 Å². The SMILES string of the molecule is CCC(OC(=O)c1ccccc1)C(C)C1OC1CC(C)/C=C/C=C(\C)C1OC(=O)CC(O[Si](CC)(CC)CC)CCC(C)(O)C(OC(C)=O)/C=C\C1C. The minimum absolute atomic E-state index is 0.0316. The maximum Gasteiger partial charge on any atom is 0.338 e. The van der Waals surface area contributed by atoms with Gasteiger partial charge in [-0.1, -0.05) is 91.0 Å². The normalized spacial score (nSPS) is 29.6. The van der Waals surface area contributed by atoms with Gasteiger partial charge in [-0.25, -0.2) is 4.79 Å². The summed E-state index contributed by atoms with van der Waals surface area (Å²) in [4.78, 5) is 38.3. The van der Waals surface area contributed by atoms with E-state index in [0.29, 0.717) is 24.8 Å². The third-order valence-corrected chi connectivity index (χ3v) is 15.9. The molecule has 10 heteroatoms. The molecule has 3 rings (SSSR count). The van der Waals surface area contributed by atoms with Crippen LogP contribution in [0.25, 0.3) is 0 Å². The van der Waals surface area contributed by atoms with Crippen LogP contribution < -0.4 is 0 Å². The van der Waals surface area contributed by atoms with Gasteiger partial charge in [-0.2, -0.15) is 0 Å². The van der Waals surface area contributed by atoms with Crippen LogP contribution in [0.15, 0.2) is 66.3 Å². The van der Waals surface area contributed by atoms with Crippen molar-refractivity contribution in [1.82, 2.24) is 0 Å². The van der Waals surface area contributed by atoms with Gasteiger partial charge >= 0.3 is 17.9 Å². The summed E-state index contributed by atoms with van der Waals surface area (Å²) in [6, 6.07) is 11.9. The molecule has 2 aliphatic heterocycles. The number of aliphatic hydroxyl groups is 1. The van der Waals surface area contributed by atoms with Gasteiger partial charge in [0.05, 0.1) is 30.3 Å². The Morgan fingerprint density at radius 2 is 1.72 bits per heavy atom. The minimum atomic E-state index is -2.08. The molecule has 10 unspecified atom stereocenters. The van der Waals surface area contributed by atoms with Crippen LogP contribution >= 0.6 is 0 Å². The molecule has 1 N–H and O–H groups in total. The van der Waals surface area contributed by atoms with Crippen molar-refractivity contribution in [2.75, 3.05) is 0 Å². The maximum absolute atomic E-state index is 13.6. The van der Waals surface area contributed by atoms with Crippen LogP contribution in [0.5, 0.6) is 0 Å². The lowest BCUT2D eigenvalue weighted by atomic mass is 9.88. The first kappa shape index (κ1) is 44.3. The number of carbonyl (C=O) groups is 3. The van der Waals surface area contributed by atoms with Gasteiger partial charge in [0.1, 0.15) is 23.9 Å². The molecule has 0 saturated carbocycles. The molecule has 0 amide bonds. The van der Waals surface area contributed by atoms with E-state index in [1.807, 2.05) is 57.2 Å². The van der Waals surface area contributed by atoms with Gasteiger partial charge < -0.3 is 28.5 Å². The molecule has 0 bridgehead atoms. The van der Waals surface area contributed by atoms with E-state index < -0.39 is 38.2 Å². The molecule has 2 heterocycles. The Hall–Kier alpha value is -3.05. The van der Waals surface area contributed by atoms with Crippen molar-refractivity contribution in [3.63, 3.8) is 0 Å². The smallest absolute Gasteiger partial charge is 0.338 e. The first-order valence-corrected chi connectivity index (χ1v) is 22.3. The first-order valence-electron chi connectivity index (χ1n) is 19.8. The number of esters is 3. The van der Waals surface area contributed by atoms with Crippen molar-refractivity contribution < 1.29 is 42.9 Å². The van der Waals surface area contributed by atoms with Crippen LogP contribution in [-0.2, 0) is 33.0 Å². The van der Waals surface area contributed by atoms with E-state index in [1.165, 1.54) is 6.92 Å². The van der Waals surface area contributed by atoms with Crippen LogP contribution in [0.3, 0.4) is 0 Å². The monoisotopic (exact) mass is 754 g/mol. The second-order valence-electron chi connectivity index (χ2n) is 15.5. The van der Waals surface area contributed by atoms with Gasteiger partial charge in [-0.05, 0) is 87.4 Å². The van der Waals surface area contributed by atoms with Gasteiger partial charge in [0.15, 0.2) is 8.32 Å². The van der Waals surface area contributed by atoms with E-state index in [4.69, 9.17) is 23.4 Å². The maximum atomic E-state index is 13.6. The molecule has 0 spiro atoms. The molecule has 10 atom stereocenters. The zero-order chi connectivity index (χ0) is 39.3. The lowest BCUT2D eigenvalue weighted by Gasteiger charge is -2.36. The quantitative estimate of drug-likeness (QED) is 0.0441. The van der Waals surface area contributed by atoms with Gasteiger partial charge in [-0.3, -0.25) is 9.59 Å². The molecule has 2 aliphatic rings. The summed E-state index contributed by atoms with van der Waals surface area (Å²) in [7, 11) is -2.08. The summed E-state index contributed by atoms with van der Waals surface area (Å²) in [5.41, 5.74) is 0.0577. The average molecular weight is 755 g/mol. The Labute approximate surface area is 319 Å². The van der Waals surface area contributed by atoms with Gasteiger partial charge in [0.25, 0.3) is 0 Å². The van der Waals surface area contributed by atoms with Crippen molar-refractivity contribution >= 4 is 26.2 Å². The number of carbonyl (C=O) groups excluding carboxylic acids is 3. The van der Waals surface area contributed by atoms with Crippen molar-refractivity contribution in [3.05, 3.63) is 71.8 Å². The fraction of sp³-hybridized carbons (Fsp3) is 0.651. The highest BCUT2D eigenvalue weighted by Crippen LogP contribution is 2.38. The standard InChI is InChI=1S/C43H66O9Si/c1-11-36(50-42(46)34-21-16-15-17-22-34)32(8)41-37(49-41)27-29(5)19-18-20-30(6)40-31(7)23-24-38(48-33(9)44)43(10,47)26-25-35(28-39(45)51-40)52-53(12-2,13-3)14-4/h15-24,29,31-32,35-38,40-41,47H,11-14,25-28H2,1-10H3/b19-18+,24-23-,30-20+. The predicted octanol–water partition coefficient (Wildman–Crippen LogP) is 8.92. The number of benzene rings is 1.